The number of fused-ring (bicyclic) bond motifs is 8. The van der Waals surface area contributed by atoms with Gasteiger partial charge < -0.3 is 9.97 Å². The number of nitrogens with zero attached hydrogens (tertiary/aromatic N) is 4. The van der Waals surface area contributed by atoms with E-state index in [1.807, 2.05) is 0 Å². The molecule has 0 spiro atoms. The first-order chi connectivity index (χ1) is 20.0. The molecule has 0 N–H and O–H groups in total. The van der Waals surface area contributed by atoms with Crippen LogP contribution in [0.4, 0.5) is 0 Å². The van der Waals surface area contributed by atoms with Crippen molar-refractivity contribution in [2.75, 3.05) is 0 Å². The van der Waals surface area contributed by atoms with Crippen LogP contribution in [0.3, 0.4) is 0 Å². The van der Waals surface area contributed by atoms with Crippen LogP contribution in [0.5, 0.6) is 0 Å². The third-order valence-electron chi connectivity index (χ3n) is 8.95. The van der Waals surface area contributed by atoms with Crippen molar-refractivity contribution < 1.29 is 19.5 Å². The van der Waals surface area contributed by atoms with Gasteiger partial charge in [-0.25, -0.2) is 9.97 Å². The Hall–Kier alpha value is -3.30. The minimum Gasteiger partial charge on any atom is -0.657 e. The molecule has 0 saturated heterocycles. The van der Waals surface area contributed by atoms with E-state index in [0.29, 0.717) is 0 Å². The molecule has 2 aliphatic rings. The van der Waals surface area contributed by atoms with Gasteiger partial charge in [0.15, 0.2) is 0 Å². The fourth-order valence-electron chi connectivity index (χ4n) is 6.27. The van der Waals surface area contributed by atoms with Crippen LogP contribution < -0.4 is 9.97 Å². The van der Waals surface area contributed by atoms with E-state index in [9.17, 15) is 0 Å². The average molecular weight is 622 g/mol. The maximum atomic E-state index is 5.24. The maximum absolute atomic E-state index is 5.24. The van der Waals surface area contributed by atoms with Gasteiger partial charge in [0.1, 0.15) is 0 Å². The summed E-state index contributed by atoms with van der Waals surface area (Å²) < 4.78 is 0. The van der Waals surface area contributed by atoms with E-state index in [4.69, 9.17) is 19.9 Å². The quantitative estimate of drug-likeness (QED) is 0.186. The Balaban J connectivity index is 0.00000423. The average Bonchev–Trinajstić information content (AvgIpc) is 3.59. The molecule has 4 nitrogen and oxygen atoms in total. The molecule has 0 aliphatic carbocycles. The van der Waals surface area contributed by atoms with Gasteiger partial charge in [-0.3, -0.25) is 0 Å². The summed E-state index contributed by atoms with van der Waals surface area (Å²) in [4.78, 5) is 20.8. The molecule has 5 heterocycles. The van der Waals surface area contributed by atoms with Crippen LogP contribution in [0.1, 0.15) is 112 Å². The van der Waals surface area contributed by atoms with E-state index < -0.39 is 0 Å². The molecule has 0 unspecified atom stereocenters. The molecule has 0 fully saturated rings. The Labute approximate surface area is 270 Å². The SMILES string of the molecule is C=C(C)CCC1=C(C)c2cc3[n-]c(cc4nc(cc5[n-]c(cc1n2)c(CCC(=C)C)c5C)C(CC)=C4C)c(CC)c3C.[Zn+2]. The van der Waals surface area contributed by atoms with Crippen molar-refractivity contribution in [3.8, 4) is 0 Å². The third kappa shape index (κ3) is 6.34. The molecular weight excluding hydrogens is 578 g/mol. The molecule has 0 atom stereocenters. The second-order valence-corrected chi connectivity index (χ2v) is 12.1. The predicted molar refractivity (Wildman–Crippen MR) is 180 cm³/mol. The van der Waals surface area contributed by atoms with Crippen LogP contribution in [0.2, 0.25) is 0 Å². The Bertz CT molecular complexity index is 1840. The van der Waals surface area contributed by atoms with Crippen molar-refractivity contribution in [2.45, 2.75) is 93.9 Å². The molecule has 218 valence electrons. The van der Waals surface area contributed by atoms with Crippen LogP contribution in [-0.2, 0) is 32.3 Å². The van der Waals surface area contributed by atoms with Gasteiger partial charge in [0.2, 0.25) is 0 Å². The second kappa shape index (κ2) is 13.1. The van der Waals surface area contributed by atoms with Crippen molar-refractivity contribution >= 4 is 44.4 Å². The number of aromatic nitrogens is 4. The van der Waals surface area contributed by atoms with Crippen LogP contribution in [0, 0.1) is 13.8 Å². The van der Waals surface area contributed by atoms with Gasteiger partial charge in [-0.15, -0.1) is 35.2 Å². The fourth-order valence-corrected chi connectivity index (χ4v) is 6.27. The maximum Gasteiger partial charge on any atom is 2.00 e. The number of aryl methyl sites for hydroxylation is 4. The van der Waals surface area contributed by atoms with E-state index in [1.54, 1.807) is 0 Å². The minimum atomic E-state index is 0. The molecule has 8 bridgehead atoms. The molecule has 5 rings (SSSR count). The van der Waals surface area contributed by atoms with Crippen molar-refractivity contribution in [3.05, 3.63) is 93.6 Å². The Morgan fingerprint density at radius 2 is 1.05 bits per heavy atom. The summed E-state index contributed by atoms with van der Waals surface area (Å²) >= 11 is 0. The topological polar surface area (TPSA) is 54.0 Å². The Morgan fingerprint density at radius 3 is 1.60 bits per heavy atom. The molecule has 2 aliphatic heterocycles. The first-order valence-corrected chi connectivity index (χ1v) is 15.3. The van der Waals surface area contributed by atoms with Gasteiger partial charge in [-0.2, -0.15) is 0 Å². The molecule has 5 heteroatoms. The molecule has 0 saturated carbocycles. The summed E-state index contributed by atoms with van der Waals surface area (Å²) in [6.07, 6.45) is 5.49. The zero-order chi connectivity index (χ0) is 30.3. The Kier molecular flexibility index (Phi) is 9.97. The summed E-state index contributed by atoms with van der Waals surface area (Å²) in [5.74, 6) is 0. The van der Waals surface area contributed by atoms with Gasteiger partial charge >= 0.3 is 19.5 Å². The van der Waals surface area contributed by atoms with E-state index >= 15 is 0 Å². The normalized spacial score (nSPS) is 13.0. The van der Waals surface area contributed by atoms with Gasteiger partial charge in [0.05, 0.1) is 22.8 Å². The summed E-state index contributed by atoms with van der Waals surface area (Å²) in [6.45, 7) is 25.7. The van der Waals surface area contributed by atoms with Gasteiger partial charge in [0, 0.05) is 0 Å². The van der Waals surface area contributed by atoms with Gasteiger partial charge in [-0.1, -0.05) is 71.5 Å². The summed E-state index contributed by atoms with van der Waals surface area (Å²) in [7, 11) is 0. The molecule has 0 aromatic carbocycles. The largest absolute Gasteiger partial charge is 2.00 e. The predicted octanol–water partition coefficient (Wildman–Crippen LogP) is 9.89. The Morgan fingerprint density at radius 1 is 0.605 bits per heavy atom. The summed E-state index contributed by atoms with van der Waals surface area (Å²) in [5.41, 5.74) is 20.3. The number of hydrogen-bond donors (Lipinski definition) is 0. The van der Waals surface area contributed by atoms with E-state index in [2.05, 4.69) is 92.8 Å². The first-order valence-electron chi connectivity index (χ1n) is 15.3. The molecular formula is C38H44N4Zn. The van der Waals surface area contributed by atoms with Gasteiger partial charge in [-0.05, 0) is 102 Å². The van der Waals surface area contributed by atoms with Crippen LogP contribution in [0.25, 0.3) is 44.4 Å². The summed E-state index contributed by atoms with van der Waals surface area (Å²) in [6, 6.07) is 8.75. The summed E-state index contributed by atoms with van der Waals surface area (Å²) in [5, 5.41) is 0. The number of hydrogen-bond acceptors (Lipinski definition) is 2. The zero-order valence-corrected chi connectivity index (χ0v) is 30.4. The molecule has 43 heavy (non-hydrogen) atoms. The van der Waals surface area contributed by atoms with E-state index in [1.165, 1.54) is 55.7 Å². The van der Waals surface area contributed by atoms with Gasteiger partial charge in [0.25, 0.3) is 0 Å². The molecule has 0 radical (unpaired) electrons. The molecule has 0 amide bonds. The fraction of sp³-hybridized carbons (Fsp3) is 0.368. The van der Waals surface area contributed by atoms with Crippen LogP contribution in [0.15, 0.2) is 48.6 Å². The van der Waals surface area contributed by atoms with Crippen molar-refractivity contribution in [1.82, 2.24) is 19.9 Å². The van der Waals surface area contributed by atoms with E-state index in [-0.39, 0.29) is 19.5 Å². The zero-order valence-electron chi connectivity index (χ0n) is 27.5. The first kappa shape index (κ1) is 32.6. The smallest absolute Gasteiger partial charge is 0.657 e. The van der Waals surface area contributed by atoms with Crippen LogP contribution >= 0.6 is 0 Å². The van der Waals surface area contributed by atoms with Crippen molar-refractivity contribution in [2.24, 2.45) is 0 Å². The van der Waals surface area contributed by atoms with Crippen LogP contribution in [-0.4, -0.2) is 9.97 Å². The third-order valence-corrected chi connectivity index (χ3v) is 8.95. The number of allylic oxidation sites excluding steroid dienone is 6. The standard InChI is InChI=1S/C38H44N4.Zn/c1-11-27-23(7)31-17-32-25(9)29(15-13-21(3)4)37(41-32)20-38-30(16-14-22(5)6)26(10)34(42-38)19-36-28(12-2)24(8)33(40-36)18-35(27)39-31;/h17-20H,3,5,11-16H2,1-2,4,6-10H3;/q-2;+2. The molecule has 3 aromatic heterocycles. The van der Waals surface area contributed by atoms with Crippen molar-refractivity contribution in [1.29, 1.82) is 0 Å². The van der Waals surface area contributed by atoms with Crippen molar-refractivity contribution in [3.63, 3.8) is 0 Å². The molecule has 3 aromatic rings. The second-order valence-electron chi connectivity index (χ2n) is 12.1. The van der Waals surface area contributed by atoms with E-state index in [0.717, 1.165) is 83.4 Å². The number of rotatable bonds is 8. The minimum absolute atomic E-state index is 0. The monoisotopic (exact) mass is 620 g/mol.